The fourth-order valence-corrected chi connectivity index (χ4v) is 2.89. The van der Waals surface area contributed by atoms with Crippen molar-refractivity contribution in [1.82, 2.24) is 24.8 Å². The third kappa shape index (κ3) is 5.83. The molecule has 0 N–H and O–H groups in total. The molecule has 0 bridgehead atoms. The summed E-state index contributed by atoms with van der Waals surface area (Å²) in [5, 5.41) is 0. The second-order valence-corrected chi connectivity index (χ2v) is 7.06. The van der Waals surface area contributed by atoms with Crippen LogP contribution in [-0.2, 0) is 17.9 Å². The van der Waals surface area contributed by atoms with E-state index in [-0.39, 0.29) is 12.5 Å². The summed E-state index contributed by atoms with van der Waals surface area (Å²) in [5.74, 6) is 0.610. The van der Waals surface area contributed by atoms with Gasteiger partial charge in [0.15, 0.2) is 6.61 Å². The molecular weight excluding hydrogens is 366 g/mol. The van der Waals surface area contributed by atoms with Gasteiger partial charge in [-0.25, -0.2) is 9.97 Å². The number of ether oxygens (including phenoxy) is 1. The van der Waals surface area contributed by atoms with Gasteiger partial charge in [-0.2, -0.15) is 0 Å². The quantitative estimate of drug-likeness (QED) is 0.588. The van der Waals surface area contributed by atoms with Gasteiger partial charge in [0.2, 0.25) is 0 Å². The molecule has 0 atom stereocenters. The highest BCUT2D eigenvalue weighted by atomic mass is 16.5. The lowest BCUT2D eigenvalue weighted by Gasteiger charge is -2.20. The van der Waals surface area contributed by atoms with Crippen molar-refractivity contribution in [2.24, 2.45) is 0 Å². The monoisotopic (exact) mass is 391 g/mol. The third-order valence-corrected chi connectivity index (χ3v) is 4.42. The maximum atomic E-state index is 11.9. The lowest BCUT2D eigenvalue weighted by atomic mass is 10.0. The normalized spacial score (nSPS) is 10.8. The van der Waals surface area contributed by atoms with E-state index < -0.39 is 0 Å². The van der Waals surface area contributed by atoms with Crippen LogP contribution in [0.3, 0.4) is 0 Å². The second-order valence-electron chi connectivity index (χ2n) is 7.06. The largest absolute Gasteiger partial charge is 0.483 e. The van der Waals surface area contributed by atoms with Gasteiger partial charge in [0.25, 0.3) is 5.91 Å². The summed E-state index contributed by atoms with van der Waals surface area (Å²) in [7, 11) is 5.47. The number of nitrogens with zero attached hydrogens (tertiary/aromatic N) is 5. The number of pyridine rings is 1. The summed E-state index contributed by atoms with van der Waals surface area (Å²) < 4.78 is 5.84. The Hall–Kier alpha value is -3.32. The first-order valence-corrected chi connectivity index (χ1v) is 9.31. The second kappa shape index (κ2) is 9.75. The Bertz CT molecular complexity index is 932. The molecule has 150 valence electrons. The molecular formula is C22H25N5O2. The predicted octanol–water partition coefficient (Wildman–Crippen LogP) is 2.64. The van der Waals surface area contributed by atoms with Gasteiger partial charge in [0.1, 0.15) is 12.1 Å². The molecule has 1 amide bonds. The van der Waals surface area contributed by atoms with Crippen LogP contribution in [0.4, 0.5) is 0 Å². The summed E-state index contributed by atoms with van der Waals surface area (Å²) in [6.45, 7) is 1.41. The van der Waals surface area contributed by atoms with Crippen molar-refractivity contribution in [2.75, 3.05) is 27.7 Å². The van der Waals surface area contributed by atoms with E-state index in [4.69, 9.17) is 4.74 Å². The molecule has 1 aromatic carbocycles. The molecule has 0 unspecified atom stereocenters. The molecule has 0 spiro atoms. The highest BCUT2D eigenvalue weighted by molar-refractivity contribution is 5.77. The van der Waals surface area contributed by atoms with Crippen molar-refractivity contribution in [3.63, 3.8) is 0 Å². The van der Waals surface area contributed by atoms with Crippen molar-refractivity contribution in [1.29, 1.82) is 0 Å². The van der Waals surface area contributed by atoms with Crippen LogP contribution in [0.15, 0.2) is 61.4 Å². The van der Waals surface area contributed by atoms with E-state index >= 15 is 0 Å². The summed E-state index contributed by atoms with van der Waals surface area (Å²) in [6, 6.07) is 9.90. The smallest absolute Gasteiger partial charge is 0.259 e. The zero-order chi connectivity index (χ0) is 20.6. The average molecular weight is 391 g/mol. The van der Waals surface area contributed by atoms with Gasteiger partial charge in [-0.1, -0.05) is 12.1 Å². The number of aromatic nitrogens is 3. The first-order chi connectivity index (χ1) is 14.0. The zero-order valence-corrected chi connectivity index (χ0v) is 16.9. The number of amides is 1. The lowest BCUT2D eigenvalue weighted by molar-refractivity contribution is -0.130. The third-order valence-electron chi connectivity index (χ3n) is 4.42. The van der Waals surface area contributed by atoms with Gasteiger partial charge < -0.3 is 9.64 Å². The average Bonchev–Trinajstić information content (AvgIpc) is 2.73. The minimum absolute atomic E-state index is 0.000113. The van der Waals surface area contributed by atoms with Crippen LogP contribution in [0.2, 0.25) is 0 Å². The molecule has 2 aromatic heterocycles. The maximum absolute atomic E-state index is 11.9. The minimum atomic E-state index is -0.0831. The Morgan fingerprint density at radius 3 is 2.45 bits per heavy atom. The number of carbonyl (C=O) groups excluding carboxylic acids is 1. The summed E-state index contributed by atoms with van der Waals surface area (Å²) >= 11 is 0. The number of likely N-dealkylation sites (N-methyl/N-ethyl adjacent to an activating group) is 1. The number of benzene rings is 1. The van der Waals surface area contributed by atoms with Gasteiger partial charge in [-0.05, 0) is 36.4 Å². The van der Waals surface area contributed by atoms with Crippen LogP contribution in [0.1, 0.15) is 11.1 Å². The topological polar surface area (TPSA) is 71.5 Å². The summed E-state index contributed by atoms with van der Waals surface area (Å²) in [6.07, 6.45) is 8.70. The van der Waals surface area contributed by atoms with E-state index in [1.807, 2.05) is 37.5 Å². The number of rotatable bonds is 8. The number of carbonyl (C=O) groups is 1. The Balaban J connectivity index is 1.82. The molecule has 7 nitrogen and oxygen atoms in total. The minimum Gasteiger partial charge on any atom is -0.483 e. The van der Waals surface area contributed by atoms with Crippen molar-refractivity contribution >= 4 is 5.91 Å². The molecule has 7 heteroatoms. The zero-order valence-electron chi connectivity index (χ0n) is 16.9. The highest BCUT2D eigenvalue weighted by Gasteiger charge is 2.13. The molecule has 0 saturated heterocycles. The van der Waals surface area contributed by atoms with Crippen molar-refractivity contribution in [3.8, 4) is 16.9 Å². The molecule has 0 radical (unpaired) electrons. The standard InChI is InChI=1S/C22H25N5O2/c1-26(2)22(28)15-29-21-7-6-18(20-11-24-16-25-12-20)9-19(21)14-27(3)13-17-5-4-8-23-10-17/h4-12,16H,13-15H2,1-3H3. The van der Waals surface area contributed by atoms with E-state index in [2.05, 4.69) is 25.9 Å². The molecule has 2 heterocycles. The van der Waals surface area contributed by atoms with Crippen molar-refractivity contribution < 1.29 is 9.53 Å². The summed E-state index contributed by atoms with van der Waals surface area (Å²) in [4.78, 5) is 28.0. The number of hydrogen-bond acceptors (Lipinski definition) is 6. The van der Waals surface area contributed by atoms with Gasteiger partial charge in [-0.3, -0.25) is 14.7 Å². The fraction of sp³-hybridized carbons (Fsp3) is 0.273. The Kier molecular flexibility index (Phi) is 6.86. The molecule has 0 aliphatic rings. The highest BCUT2D eigenvalue weighted by Crippen LogP contribution is 2.27. The molecule has 3 aromatic rings. The van der Waals surface area contributed by atoms with Crippen LogP contribution in [0.5, 0.6) is 5.75 Å². The first kappa shape index (κ1) is 20.4. The van der Waals surface area contributed by atoms with E-state index in [1.165, 1.54) is 11.2 Å². The Morgan fingerprint density at radius 1 is 0.966 bits per heavy atom. The van der Waals surface area contributed by atoms with Crippen LogP contribution < -0.4 is 4.74 Å². The van der Waals surface area contributed by atoms with Gasteiger partial charge in [0.05, 0.1) is 0 Å². The molecule has 0 aliphatic heterocycles. The van der Waals surface area contributed by atoms with Crippen LogP contribution in [0.25, 0.3) is 11.1 Å². The van der Waals surface area contributed by atoms with E-state index in [9.17, 15) is 4.79 Å². The Labute approximate surface area is 171 Å². The van der Waals surface area contributed by atoms with Gasteiger partial charge >= 0.3 is 0 Å². The fourth-order valence-electron chi connectivity index (χ4n) is 2.89. The first-order valence-electron chi connectivity index (χ1n) is 9.31. The van der Waals surface area contributed by atoms with Crippen molar-refractivity contribution in [2.45, 2.75) is 13.1 Å². The lowest BCUT2D eigenvalue weighted by Crippen LogP contribution is -2.28. The van der Waals surface area contributed by atoms with Crippen LogP contribution in [0, 0.1) is 0 Å². The van der Waals surface area contributed by atoms with Crippen LogP contribution >= 0.6 is 0 Å². The maximum Gasteiger partial charge on any atom is 0.259 e. The SMILES string of the molecule is CN(Cc1cccnc1)Cc1cc(-c2cncnc2)ccc1OCC(=O)N(C)C. The molecule has 0 aliphatic carbocycles. The van der Waals surface area contributed by atoms with Gasteiger partial charge in [0, 0.05) is 63.1 Å². The Morgan fingerprint density at radius 2 is 1.76 bits per heavy atom. The van der Waals surface area contributed by atoms with E-state index in [1.54, 1.807) is 32.7 Å². The molecule has 29 heavy (non-hydrogen) atoms. The van der Waals surface area contributed by atoms with Crippen LogP contribution in [-0.4, -0.2) is 58.4 Å². The number of hydrogen-bond donors (Lipinski definition) is 0. The molecule has 0 fully saturated rings. The van der Waals surface area contributed by atoms with E-state index in [0.29, 0.717) is 12.3 Å². The summed E-state index contributed by atoms with van der Waals surface area (Å²) in [5.41, 5.74) is 4.05. The molecule has 3 rings (SSSR count). The van der Waals surface area contributed by atoms with Gasteiger partial charge in [-0.15, -0.1) is 0 Å². The molecule has 0 saturated carbocycles. The predicted molar refractivity (Wildman–Crippen MR) is 111 cm³/mol. The van der Waals surface area contributed by atoms with E-state index in [0.717, 1.165) is 28.8 Å². The van der Waals surface area contributed by atoms with Crippen molar-refractivity contribution in [3.05, 3.63) is 72.6 Å².